The number of amides is 1. The van der Waals surface area contributed by atoms with E-state index in [0.29, 0.717) is 22.7 Å². The van der Waals surface area contributed by atoms with Gasteiger partial charge < -0.3 is 60.5 Å². The average molecular weight is 528 g/mol. The van der Waals surface area contributed by atoms with Crippen molar-refractivity contribution in [3.05, 3.63) is 42.5 Å². The highest BCUT2D eigenvalue weighted by Crippen LogP contribution is 2.31. The third-order valence-corrected chi connectivity index (χ3v) is 5.54. The predicted octanol–water partition coefficient (Wildman–Crippen LogP) is -6.83. The molecule has 192 valence electrons. The number of ether oxygens (including phenoxy) is 2. The fraction of sp³-hybridized carbons (Fsp3) is 0.429. The van der Waals surface area contributed by atoms with E-state index < -0.39 is 36.6 Å². The highest BCUT2D eigenvalue weighted by atomic mass is 35.5. The molecule has 0 radical (unpaired) electrons. The van der Waals surface area contributed by atoms with Gasteiger partial charge in [-0.3, -0.25) is 9.36 Å². The lowest BCUT2D eigenvalue weighted by atomic mass is 10.0. The van der Waals surface area contributed by atoms with Gasteiger partial charge in [0, 0.05) is 14.1 Å². The Kier molecular flexibility index (Phi) is 9.60. The molecule has 0 bridgehead atoms. The molecule has 5 N–H and O–H groups in total. The maximum Gasteiger partial charge on any atom is 0.237 e. The van der Waals surface area contributed by atoms with Gasteiger partial charge in [0.15, 0.2) is 29.5 Å². The van der Waals surface area contributed by atoms with Crippen LogP contribution >= 0.6 is 0 Å². The molecule has 0 saturated carbocycles. The monoisotopic (exact) mass is 527 g/mol. The van der Waals surface area contributed by atoms with Crippen LogP contribution in [0.15, 0.2) is 36.9 Å². The number of benzene rings is 1. The van der Waals surface area contributed by atoms with Gasteiger partial charge in [0.05, 0.1) is 19.5 Å². The quantitative estimate of drug-likeness (QED) is 0.232. The van der Waals surface area contributed by atoms with Crippen molar-refractivity contribution in [1.82, 2.24) is 24.8 Å². The Hall–Kier alpha value is -2.74. The van der Waals surface area contributed by atoms with Crippen LogP contribution in [0.4, 0.5) is 5.82 Å². The number of aromatic nitrogens is 4. The van der Waals surface area contributed by atoms with E-state index in [-0.39, 0.29) is 31.2 Å². The molecule has 2 aromatic heterocycles. The molecule has 1 aliphatic heterocycles. The number of carbonyl (C=O) groups is 1. The predicted molar refractivity (Wildman–Crippen MR) is 118 cm³/mol. The van der Waals surface area contributed by atoms with Crippen LogP contribution in [-0.2, 0) is 16.0 Å². The summed E-state index contributed by atoms with van der Waals surface area (Å²) in [5, 5.41) is 23.8. The molecule has 3 heterocycles. The second-order valence-electron chi connectivity index (χ2n) is 8.02. The molecule has 1 saturated heterocycles. The Morgan fingerprint density at radius 1 is 1.23 bits per heavy atom. The van der Waals surface area contributed by atoms with Crippen LogP contribution in [0.25, 0.3) is 11.2 Å². The van der Waals surface area contributed by atoms with E-state index in [1.807, 2.05) is 26.2 Å². The lowest BCUT2D eigenvalue weighted by Crippen LogP contribution is -3.00. The minimum atomic E-state index is -1.45. The van der Waals surface area contributed by atoms with Crippen molar-refractivity contribution in [3.63, 3.8) is 0 Å². The van der Waals surface area contributed by atoms with Crippen LogP contribution in [0.3, 0.4) is 0 Å². The molecule has 35 heavy (non-hydrogen) atoms. The number of nitrogens with one attached hydrogen (secondary N) is 1. The maximum atomic E-state index is 12.7. The van der Waals surface area contributed by atoms with E-state index in [1.165, 1.54) is 17.2 Å². The smallest absolute Gasteiger partial charge is 0.237 e. The van der Waals surface area contributed by atoms with Gasteiger partial charge in [-0.2, -0.15) is 0 Å². The second-order valence-corrected chi connectivity index (χ2v) is 8.02. The lowest BCUT2D eigenvalue weighted by Gasteiger charge is -2.21. The molecule has 0 aliphatic carbocycles. The molecule has 12 nitrogen and oxygen atoms in total. The third-order valence-electron chi connectivity index (χ3n) is 5.54. The molecule has 14 heteroatoms. The highest BCUT2D eigenvalue weighted by Gasteiger charge is 2.45. The SMILES string of the molecule is COc1ccc(C[C@H](N)C(=O)N[C@H]2[C@@H](O)[C@H](n3cnc4c(N(C)C)ncnc43)O[C@@H]2O)cc1.[Cl-].[Cl-]. The molecule has 1 aromatic carbocycles. The van der Waals surface area contributed by atoms with E-state index in [0.717, 1.165) is 5.56 Å². The number of carbonyl (C=O) groups excluding carboxylic acids is 1. The second kappa shape index (κ2) is 11.8. The number of aliphatic hydroxyl groups is 2. The topological polar surface area (TPSA) is 161 Å². The van der Waals surface area contributed by atoms with Gasteiger partial charge in [0.1, 0.15) is 24.2 Å². The first-order chi connectivity index (χ1) is 15.8. The number of imidazole rings is 1. The number of halogens is 2. The van der Waals surface area contributed by atoms with Gasteiger partial charge in [0.25, 0.3) is 0 Å². The third kappa shape index (κ3) is 5.74. The van der Waals surface area contributed by atoms with Gasteiger partial charge in [-0.15, -0.1) is 0 Å². The molecule has 1 aliphatic rings. The van der Waals surface area contributed by atoms with Crippen LogP contribution in [0.2, 0.25) is 0 Å². The summed E-state index contributed by atoms with van der Waals surface area (Å²) in [6.07, 6.45) is -0.632. The summed E-state index contributed by atoms with van der Waals surface area (Å²) in [6, 6.07) is 5.22. The molecule has 4 rings (SSSR count). The van der Waals surface area contributed by atoms with Crippen molar-refractivity contribution in [3.8, 4) is 5.75 Å². The largest absolute Gasteiger partial charge is 1.00 e. The number of hydrogen-bond donors (Lipinski definition) is 4. The van der Waals surface area contributed by atoms with Gasteiger partial charge >= 0.3 is 0 Å². The number of aliphatic hydroxyl groups excluding tert-OH is 2. The van der Waals surface area contributed by atoms with Crippen LogP contribution in [0.5, 0.6) is 5.75 Å². The highest BCUT2D eigenvalue weighted by molar-refractivity contribution is 5.83. The Bertz CT molecular complexity index is 1130. The normalized spacial score (nSPS) is 22.1. The maximum absolute atomic E-state index is 12.7. The zero-order chi connectivity index (χ0) is 23.7. The number of nitrogens with two attached hydrogens (primary N) is 1. The minimum Gasteiger partial charge on any atom is -1.00 e. The molecule has 3 aromatic rings. The van der Waals surface area contributed by atoms with Crippen LogP contribution in [-0.4, -0.2) is 81.3 Å². The number of nitrogens with zero attached hydrogens (tertiary/aromatic N) is 5. The summed E-state index contributed by atoms with van der Waals surface area (Å²) in [5.74, 6) is 0.777. The number of rotatable bonds is 7. The van der Waals surface area contributed by atoms with Gasteiger partial charge in [-0.05, 0) is 24.1 Å². The van der Waals surface area contributed by atoms with Gasteiger partial charge in [-0.25, -0.2) is 15.0 Å². The summed E-state index contributed by atoms with van der Waals surface area (Å²) >= 11 is 0. The van der Waals surface area contributed by atoms with E-state index in [2.05, 4.69) is 20.3 Å². The first-order valence-corrected chi connectivity index (χ1v) is 10.4. The van der Waals surface area contributed by atoms with Gasteiger partial charge in [-0.1, -0.05) is 12.1 Å². The lowest BCUT2D eigenvalue weighted by molar-refractivity contribution is -0.133. The number of methoxy groups -OCH3 is 1. The molecule has 1 fully saturated rings. The first kappa shape index (κ1) is 28.5. The zero-order valence-electron chi connectivity index (χ0n) is 19.2. The summed E-state index contributed by atoms with van der Waals surface area (Å²) in [7, 11) is 5.22. The summed E-state index contributed by atoms with van der Waals surface area (Å²) in [5.41, 5.74) is 7.84. The zero-order valence-corrected chi connectivity index (χ0v) is 20.8. The van der Waals surface area contributed by atoms with Crippen LogP contribution in [0.1, 0.15) is 11.8 Å². The Morgan fingerprint density at radius 2 is 1.91 bits per heavy atom. The number of hydrogen-bond acceptors (Lipinski definition) is 10. The van der Waals surface area contributed by atoms with Crippen molar-refractivity contribution in [1.29, 1.82) is 0 Å². The Morgan fingerprint density at radius 3 is 2.54 bits per heavy atom. The minimum absolute atomic E-state index is 0. The summed E-state index contributed by atoms with van der Waals surface area (Å²) in [4.78, 5) is 27.2. The molecular weight excluding hydrogens is 501 g/mol. The van der Waals surface area contributed by atoms with Crippen LogP contribution < -0.4 is 45.5 Å². The van der Waals surface area contributed by atoms with Gasteiger partial charge in [0.2, 0.25) is 5.91 Å². The number of fused-ring (bicyclic) bond motifs is 1. The summed E-state index contributed by atoms with van der Waals surface area (Å²) in [6.45, 7) is 0. The molecule has 5 atom stereocenters. The molecular formula is C21H27Cl2N7O5-2. The molecule has 0 unspecified atom stereocenters. The van der Waals surface area contributed by atoms with E-state index in [4.69, 9.17) is 15.2 Å². The van der Waals surface area contributed by atoms with Crippen molar-refractivity contribution >= 4 is 22.9 Å². The summed E-state index contributed by atoms with van der Waals surface area (Å²) < 4.78 is 12.2. The fourth-order valence-electron chi connectivity index (χ4n) is 3.77. The molecule has 0 spiro atoms. The Balaban J connectivity index is 0.00000216. The van der Waals surface area contributed by atoms with Crippen molar-refractivity contribution in [2.24, 2.45) is 5.73 Å². The van der Waals surface area contributed by atoms with Crippen molar-refractivity contribution in [2.45, 2.75) is 37.1 Å². The average Bonchev–Trinajstić information content (AvgIpc) is 3.35. The van der Waals surface area contributed by atoms with E-state index >= 15 is 0 Å². The first-order valence-electron chi connectivity index (χ1n) is 10.4. The number of anilines is 1. The standard InChI is InChI=1S/C21H27N7O5.2ClH/c1-27(2)17-15-18(24-9-23-17)28(10-25-15)20-16(29)14(21(31)33-20)26-19(30)13(22)8-11-4-6-12(32-3)7-5-11;;/h4-7,9-10,13-14,16,20-21,29,31H,8,22H2,1-3H3,(H,26,30);2*1H/p-2/t13-,14-,16+,20+,21-;;/m0../s1. The van der Waals surface area contributed by atoms with E-state index in [1.54, 1.807) is 24.1 Å². The molecule has 1 amide bonds. The Labute approximate surface area is 214 Å². The van der Waals surface area contributed by atoms with Crippen molar-refractivity contribution < 1.29 is 49.3 Å². The van der Waals surface area contributed by atoms with Crippen LogP contribution in [0, 0.1) is 0 Å². The fourth-order valence-corrected chi connectivity index (χ4v) is 3.77. The van der Waals surface area contributed by atoms with Crippen molar-refractivity contribution in [2.75, 3.05) is 26.1 Å². The van der Waals surface area contributed by atoms with E-state index in [9.17, 15) is 15.0 Å².